The summed E-state index contributed by atoms with van der Waals surface area (Å²) in [5.74, 6) is -1.45. The molecular weight excluding hydrogens is 379 g/mol. The van der Waals surface area contributed by atoms with Gasteiger partial charge in [-0.3, -0.25) is 20.4 Å². The van der Waals surface area contributed by atoms with Crippen LogP contribution in [0.25, 0.3) is 0 Å². The largest absolute Gasteiger partial charge is 0.483 e. The lowest BCUT2D eigenvalue weighted by Crippen LogP contribution is -2.44. The molecule has 0 aliphatic carbocycles. The van der Waals surface area contributed by atoms with Crippen LogP contribution < -0.4 is 15.6 Å². The molecule has 0 fully saturated rings. The Morgan fingerprint density at radius 2 is 1.92 bits per heavy atom. The highest BCUT2D eigenvalue weighted by molar-refractivity contribution is 9.10. The van der Waals surface area contributed by atoms with E-state index in [0.717, 1.165) is 22.5 Å². The number of nitrogens with one attached hydrogen (secondary N) is 2. The van der Waals surface area contributed by atoms with Gasteiger partial charge in [-0.25, -0.2) is 4.39 Å². The summed E-state index contributed by atoms with van der Waals surface area (Å²) in [6, 6.07) is 11.1. The van der Waals surface area contributed by atoms with Gasteiger partial charge in [0, 0.05) is 0 Å². The lowest BCUT2D eigenvalue weighted by atomic mass is 10.2. The Hall–Kier alpha value is -2.41. The van der Waals surface area contributed by atoms with Crippen molar-refractivity contribution in [1.82, 2.24) is 10.9 Å². The average molecular weight is 395 g/mol. The molecule has 0 aliphatic heterocycles. The molecule has 7 heteroatoms. The van der Waals surface area contributed by atoms with Crippen molar-refractivity contribution in [2.24, 2.45) is 0 Å². The third-order valence-electron chi connectivity index (χ3n) is 3.20. The molecule has 0 heterocycles. The van der Waals surface area contributed by atoms with E-state index in [0.29, 0.717) is 5.75 Å². The maximum absolute atomic E-state index is 13.4. The first kappa shape index (κ1) is 17.9. The summed E-state index contributed by atoms with van der Waals surface area (Å²) < 4.78 is 19.6. The summed E-state index contributed by atoms with van der Waals surface area (Å²) in [6.07, 6.45) is 0.890. The van der Waals surface area contributed by atoms with E-state index in [4.69, 9.17) is 4.74 Å². The van der Waals surface area contributed by atoms with Crippen molar-refractivity contribution < 1.29 is 18.7 Å². The van der Waals surface area contributed by atoms with Crippen LogP contribution in [0, 0.1) is 5.82 Å². The highest BCUT2D eigenvalue weighted by atomic mass is 79.9. The molecule has 0 atom stereocenters. The van der Waals surface area contributed by atoms with Crippen LogP contribution in [0.5, 0.6) is 5.75 Å². The Kier molecular flexibility index (Phi) is 6.31. The number of amides is 2. The Bertz CT molecular complexity index is 752. The second-order valence-electron chi connectivity index (χ2n) is 4.89. The minimum Gasteiger partial charge on any atom is -0.483 e. The number of rotatable bonds is 5. The molecule has 5 nitrogen and oxygen atoms in total. The summed E-state index contributed by atoms with van der Waals surface area (Å²) in [5.41, 5.74) is 5.29. The normalized spacial score (nSPS) is 10.1. The topological polar surface area (TPSA) is 67.4 Å². The van der Waals surface area contributed by atoms with E-state index in [1.165, 1.54) is 18.2 Å². The zero-order chi connectivity index (χ0) is 17.5. The van der Waals surface area contributed by atoms with Gasteiger partial charge < -0.3 is 4.74 Å². The fraction of sp³-hybridized carbons (Fsp3) is 0.176. The van der Waals surface area contributed by atoms with Gasteiger partial charge in [-0.2, -0.15) is 0 Å². The smallest absolute Gasteiger partial charge is 0.276 e. The molecule has 2 rings (SSSR count). The SMILES string of the molecule is CCc1ccc(OCC(=O)NNC(=O)c2ccccc2F)c(Br)c1. The number of halogens is 2. The number of carbonyl (C=O) groups is 2. The third-order valence-corrected chi connectivity index (χ3v) is 3.82. The molecule has 2 aromatic carbocycles. The van der Waals surface area contributed by atoms with Crippen molar-refractivity contribution in [2.75, 3.05) is 6.61 Å². The average Bonchev–Trinajstić information content (AvgIpc) is 2.58. The van der Waals surface area contributed by atoms with E-state index in [2.05, 4.69) is 26.8 Å². The Balaban J connectivity index is 1.84. The molecule has 126 valence electrons. The Morgan fingerprint density at radius 3 is 2.58 bits per heavy atom. The van der Waals surface area contributed by atoms with Crippen LogP contribution in [0.2, 0.25) is 0 Å². The molecule has 24 heavy (non-hydrogen) atoms. The predicted molar refractivity (Wildman–Crippen MR) is 91.0 cm³/mol. The van der Waals surface area contributed by atoms with Crippen LogP contribution in [0.3, 0.4) is 0 Å². The Labute approximate surface area is 147 Å². The number of carbonyl (C=O) groups excluding carboxylic acids is 2. The van der Waals surface area contributed by atoms with Gasteiger partial charge >= 0.3 is 0 Å². The van der Waals surface area contributed by atoms with Gasteiger partial charge in [-0.15, -0.1) is 0 Å². The van der Waals surface area contributed by atoms with Crippen LogP contribution in [0.4, 0.5) is 4.39 Å². The molecule has 2 aromatic rings. The van der Waals surface area contributed by atoms with Gasteiger partial charge in [0.1, 0.15) is 11.6 Å². The van der Waals surface area contributed by atoms with Gasteiger partial charge in [0.05, 0.1) is 10.0 Å². The van der Waals surface area contributed by atoms with Crippen LogP contribution in [0.15, 0.2) is 46.9 Å². The standard InChI is InChI=1S/C17H16BrFN2O3/c1-2-11-7-8-15(13(18)9-11)24-10-16(22)20-21-17(23)12-5-3-4-6-14(12)19/h3-9H,2,10H2,1H3,(H,20,22)(H,21,23). The van der Waals surface area contributed by atoms with E-state index in [9.17, 15) is 14.0 Å². The fourth-order valence-corrected chi connectivity index (χ4v) is 2.44. The molecule has 0 aromatic heterocycles. The van der Waals surface area contributed by atoms with Gasteiger partial charge in [-0.05, 0) is 52.2 Å². The Morgan fingerprint density at radius 1 is 1.17 bits per heavy atom. The van der Waals surface area contributed by atoms with Crippen molar-refractivity contribution in [2.45, 2.75) is 13.3 Å². The quantitative estimate of drug-likeness (QED) is 0.765. The van der Waals surface area contributed by atoms with Crippen LogP contribution >= 0.6 is 15.9 Å². The second kappa shape index (κ2) is 8.44. The number of hydrogen-bond donors (Lipinski definition) is 2. The van der Waals surface area contributed by atoms with E-state index in [-0.39, 0.29) is 12.2 Å². The van der Waals surface area contributed by atoms with Crippen LogP contribution in [0.1, 0.15) is 22.8 Å². The molecule has 2 amide bonds. The molecule has 0 saturated carbocycles. The minimum absolute atomic E-state index is 0.156. The number of ether oxygens (including phenoxy) is 1. The first-order valence-electron chi connectivity index (χ1n) is 7.26. The maximum atomic E-state index is 13.4. The van der Waals surface area contributed by atoms with E-state index in [1.807, 2.05) is 19.1 Å². The zero-order valence-corrected chi connectivity index (χ0v) is 14.5. The van der Waals surface area contributed by atoms with Crippen LogP contribution in [-0.4, -0.2) is 18.4 Å². The van der Waals surface area contributed by atoms with E-state index < -0.39 is 17.6 Å². The maximum Gasteiger partial charge on any atom is 0.276 e. The van der Waals surface area contributed by atoms with Gasteiger partial charge in [-0.1, -0.05) is 25.1 Å². The molecule has 0 unspecified atom stereocenters. The first-order valence-corrected chi connectivity index (χ1v) is 8.05. The van der Waals surface area contributed by atoms with Crippen LogP contribution in [-0.2, 0) is 11.2 Å². The van der Waals surface area contributed by atoms with Gasteiger partial charge in [0.2, 0.25) is 0 Å². The monoisotopic (exact) mass is 394 g/mol. The number of aryl methyl sites for hydroxylation is 1. The molecular formula is C17H16BrFN2O3. The molecule has 0 spiro atoms. The second-order valence-corrected chi connectivity index (χ2v) is 5.74. The molecule has 0 bridgehead atoms. The van der Waals surface area contributed by atoms with Crippen molar-refractivity contribution in [1.29, 1.82) is 0 Å². The summed E-state index contributed by atoms with van der Waals surface area (Å²) >= 11 is 3.37. The zero-order valence-electron chi connectivity index (χ0n) is 12.9. The highest BCUT2D eigenvalue weighted by Gasteiger charge is 2.12. The third kappa shape index (κ3) is 4.79. The number of hydrogen-bond acceptors (Lipinski definition) is 3. The van der Waals surface area contributed by atoms with Crippen molar-refractivity contribution in [3.8, 4) is 5.75 Å². The van der Waals surface area contributed by atoms with Crippen molar-refractivity contribution in [3.05, 3.63) is 63.9 Å². The molecule has 0 radical (unpaired) electrons. The molecule has 0 aliphatic rings. The fourth-order valence-electron chi connectivity index (χ4n) is 1.90. The summed E-state index contributed by atoms with van der Waals surface area (Å²) in [5, 5.41) is 0. The molecule has 0 saturated heterocycles. The van der Waals surface area contributed by atoms with Gasteiger partial charge in [0.15, 0.2) is 6.61 Å². The summed E-state index contributed by atoms with van der Waals surface area (Å²) in [7, 11) is 0. The summed E-state index contributed by atoms with van der Waals surface area (Å²) in [4.78, 5) is 23.5. The van der Waals surface area contributed by atoms with Crippen molar-refractivity contribution >= 4 is 27.7 Å². The summed E-state index contributed by atoms with van der Waals surface area (Å²) in [6.45, 7) is 1.75. The van der Waals surface area contributed by atoms with Crippen molar-refractivity contribution in [3.63, 3.8) is 0 Å². The molecule has 2 N–H and O–H groups in total. The minimum atomic E-state index is -0.741. The lowest BCUT2D eigenvalue weighted by Gasteiger charge is -2.10. The lowest BCUT2D eigenvalue weighted by molar-refractivity contribution is -0.123. The first-order chi connectivity index (χ1) is 11.5. The predicted octanol–water partition coefficient (Wildman–Crippen LogP) is 2.99. The number of benzene rings is 2. The van der Waals surface area contributed by atoms with Gasteiger partial charge in [0.25, 0.3) is 11.8 Å². The van der Waals surface area contributed by atoms with E-state index >= 15 is 0 Å². The number of hydrazine groups is 1. The van der Waals surface area contributed by atoms with E-state index in [1.54, 1.807) is 6.07 Å². The highest BCUT2D eigenvalue weighted by Crippen LogP contribution is 2.26.